The molecule has 0 saturated carbocycles. The van der Waals surface area contributed by atoms with E-state index in [2.05, 4.69) is 11.9 Å². The minimum atomic E-state index is 0.118. The molecule has 0 saturated heterocycles. The summed E-state index contributed by atoms with van der Waals surface area (Å²) in [5.41, 5.74) is 2.84. The lowest BCUT2D eigenvalue weighted by Gasteiger charge is -2.07. The Bertz CT molecular complexity index is 601. The second-order valence-corrected chi connectivity index (χ2v) is 4.79. The molecule has 1 N–H and O–H groups in total. The molecule has 1 aromatic carbocycles. The molecule has 0 unspecified atom stereocenters. The fraction of sp³-hybridized carbons (Fsp3) is 0.357. The summed E-state index contributed by atoms with van der Waals surface area (Å²) in [5.74, 6) is 0. The van der Waals surface area contributed by atoms with Crippen LogP contribution < -0.4 is 5.43 Å². The van der Waals surface area contributed by atoms with Crippen molar-refractivity contribution in [3.05, 3.63) is 44.7 Å². The number of hydrogen-bond donors (Lipinski definition) is 1. The number of benzene rings is 1. The molecule has 0 aliphatic rings. The Hall–Kier alpha value is -1.28. The number of nitrogens with one attached hydrogen (secondary N) is 1. The molecule has 0 aliphatic heterocycles. The number of pyridine rings is 1. The summed E-state index contributed by atoms with van der Waals surface area (Å²) in [6.07, 6.45) is 2.96. The summed E-state index contributed by atoms with van der Waals surface area (Å²) in [7, 11) is 0. The third-order valence-electron chi connectivity index (χ3n) is 3.06. The van der Waals surface area contributed by atoms with Crippen LogP contribution in [0.15, 0.2) is 23.0 Å². The minimum Gasteiger partial charge on any atom is -0.358 e. The van der Waals surface area contributed by atoms with Gasteiger partial charge in [-0.25, -0.2) is 0 Å². The van der Waals surface area contributed by atoms with Gasteiger partial charge in [-0.15, -0.1) is 0 Å². The molecular formula is C14H16ClNO. The van der Waals surface area contributed by atoms with Gasteiger partial charge in [-0.1, -0.05) is 24.9 Å². The Kier molecular flexibility index (Phi) is 3.53. The van der Waals surface area contributed by atoms with E-state index in [0.717, 1.165) is 36.0 Å². The van der Waals surface area contributed by atoms with Gasteiger partial charge in [0, 0.05) is 27.2 Å². The first-order valence-electron chi connectivity index (χ1n) is 5.94. The topological polar surface area (TPSA) is 32.9 Å². The largest absolute Gasteiger partial charge is 0.358 e. The van der Waals surface area contributed by atoms with Crippen molar-refractivity contribution in [2.24, 2.45) is 0 Å². The van der Waals surface area contributed by atoms with Gasteiger partial charge in [0.2, 0.25) is 0 Å². The molecule has 0 bridgehead atoms. The Morgan fingerprint density at radius 2 is 2.12 bits per heavy atom. The Morgan fingerprint density at radius 3 is 2.82 bits per heavy atom. The molecule has 1 aromatic heterocycles. The number of halogens is 1. The standard InChI is InChI=1S/C14H16ClNO/c1-3-4-5-11-9(2)16-13-7-6-10(15)8-12(13)14(11)17/h6-8H,3-5H2,1-2H3,(H,16,17). The van der Waals surface area contributed by atoms with Crippen molar-refractivity contribution in [2.45, 2.75) is 33.1 Å². The maximum absolute atomic E-state index is 12.3. The molecule has 0 fully saturated rings. The van der Waals surface area contributed by atoms with E-state index in [1.165, 1.54) is 0 Å². The number of aryl methyl sites for hydroxylation is 1. The predicted octanol–water partition coefficient (Wildman–Crippen LogP) is 3.83. The van der Waals surface area contributed by atoms with E-state index < -0.39 is 0 Å². The Labute approximate surface area is 106 Å². The number of fused-ring (bicyclic) bond motifs is 1. The van der Waals surface area contributed by atoms with E-state index in [-0.39, 0.29) is 5.43 Å². The highest BCUT2D eigenvalue weighted by molar-refractivity contribution is 6.31. The predicted molar refractivity (Wildman–Crippen MR) is 72.9 cm³/mol. The van der Waals surface area contributed by atoms with Gasteiger partial charge in [-0.05, 0) is 38.0 Å². The first kappa shape index (κ1) is 12.2. The van der Waals surface area contributed by atoms with Gasteiger partial charge in [0.15, 0.2) is 5.43 Å². The third-order valence-corrected chi connectivity index (χ3v) is 3.29. The molecule has 0 aliphatic carbocycles. The van der Waals surface area contributed by atoms with Gasteiger partial charge < -0.3 is 4.98 Å². The average molecular weight is 250 g/mol. The van der Waals surface area contributed by atoms with Crippen molar-refractivity contribution in [1.82, 2.24) is 4.98 Å². The molecule has 2 nitrogen and oxygen atoms in total. The fourth-order valence-electron chi connectivity index (χ4n) is 2.08. The first-order chi connectivity index (χ1) is 8.13. The molecule has 0 amide bonds. The van der Waals surface area contributed by atoms with Crippen LogP contribution in [0.5, 0.6) is 0 Å². The second-order valence-electron chi connectivity index (χ2n) is 4.35. The van der Waals surface area contributed by atoms with Crippen LogP contribution in [-0.2, 0) is 6.42 Å². The molecule has 1 heterocycles. The zero-order chi connectivity index (χ0) is 12.4. The van der Waals surface area contributed by atoms with Gasteiger partial charge in [-0.3, -0.25) is 4.79 Å². The average Bonchev–Trinajstić information content (AvgIpc) is 2.30. The molecular weight excluding hydrogens is 234 g/mol. The van der Waals surface area contributed by atoms with Gasteiger partial charge in [0.25, 0.3) is 0 Å². The number of unbranched alkanes of at least 4 members (excludes halogenated alkanes) is 1. The summed E-state index contributed by atoms with van der Waals surface area (Å²) >= 11 is 5.93. The second kappa shape index (κ2) is 4.92. The highest BCUT2D eigenvalue weighted by Gasteiger charge is 2.08. The maximum atomic E-state index is 12.3. The highest BCUT2D eigenvalue weighted by atomic mass is 35.5. The molecule has 0 radical (unpaired) electrons. The van der Waals surface area contributed by atoms with Crippen LogP contribution in [0, 0.1) is 6.92 Å². The lowest BCUT2D eigenvalue weighted by molar-refractivity contribution is 0.784. The smallest absolute Gasteiger partial charge is 0.192 e. The van der Waals surface area contributed by atoms with E-state index in [1.807, 2.05) is 13.0 Å². The van der Waals surface area contributed by atoms with E-state index in [4.69, 9.17) is 11.6 Å². The molecule has 0 atom stereocenters. The first-order valence-corrected chi connectivity index (χ1v) is 6.32. The van der Waals surface area contributed by atoms with E-state index in [0.29, 0.717) is 10.4 Å². The van der Waals surface area contributed by atoms with Gasteiger partial charge >= 0.3 is 0 Å². The highest BCUT2D eigenvalue weighted by Crippen LogP contribution is 2.17. The molecule has 2 aromatic rings. The zero-order valence-corrected chi connectivity index (χ0v) is 10.9. The molecule has 2 rings (SSSR count). The molecule has 3 heteroatoms. The van der Waals surface area contributed by atoms with Crippen molar-refractivity contribution < 1.29 is 0 Å². The van der Waals surface area contributed by atoms with Gasteiger partial charge in [0.05, 0.1) is 0 Å². The van der Waals surface area contributed by atoms with Crippen LogP contribution >= 0.6 is 11.6 Å². The molecule has 17 heavy (non-hydrogen) atoms. The number of H-pyrrole nitrogens is 1. The lowest BCUT2D eigenvalue weighted by Crippen LogP contribution is -2.13. The summed E-state index contributed by atoms with van der Waals surface area (Å²) in [5, 5.41) is 1.29. The molecule has 0 spiro atoms. The quantitative estimate of drug-likeness (QED) is 0.881. The van der Waals surface area contributed by atoms with Crippen LogP contribution in [0.4, 0.5) is 0 Å². The number of aromatic amines is 1. The van der Waals surface area contributed by atoms with Crippen LogP contribution in [0.2, 0.25) is 5.02 Å². The van der Waals surface area contributed by atoms with Gasteiger partial charge in [0.1, 0.15) is 0 Å². The maximum Gasteiger partial charge on any atom is 0.192 e. The molecule has 90 valence electrons. The third kappa shape index (κ3) is 2.37. The minimum absolute atomic E-state index is 0.118. The van der Waals surface area contributed by atoms with Crippen molar-refractivity contribution in [3.63, 3.8) is 0 Å². The summed E-state index contributed by atoms with van der Waals surface area (Å²) < 4.78 is 0. The normalized spacial score (nSPS) is 11.0. The number of hydrogen-bond acceptors (Lipinski definition) is 1. The zero-order valence-electron chi connectivity index (χ0n) is 10.1. The van der Waals surface area contributed by atoms with Crippen molar-refractivity contribution >= 4 is 22.5 Å². The number of aromatic nitrogens is 1. The summed E-state index contributed by atoms with van der Waals surface area (Å²) in [6, 6.07) is 5.39. The Morgan fingerprint density at radius 1 is 1.35 bits per heavy atom. The van der Waals surface area contributed by atoms with Crippen LogP contribution in [0.3, 0.4) is 0 Å². The van der Waals surface area contributed by atoms with E-state index in [1.54, 1.807) is 12.1 Å². The fourth-order valence-corrected chi connectivity index (χ4v) is 2.25. The summed E-state index contributed by atoms with van der Waals surface area (Å²) in [4.78, 5) is 15.6. The Balaban J connectivity index is 2.65. The van der Waals surface area contributed by atoms with Crippen LogP contribution in [0.1, 0.15) is 31.0 Å². The van der Waals surface area contributed by atoms with E-state index in [9.17, 15) is 4.79 Å². The van der Waals surface area contributed by atoms with Crippen molar-refractivity contribution in [2.75, 3.05) is 0 Å². The number of rotatable bonds is 3. The monoisotopic (exact) mass is 249 g/mol. The van der Waals surface area contributed by atoms with E-state index >= 15 is 0 Å². The van der Waals surface area contributed by atoms with Crippen molar-refractivity contribution in [1.29, 1.82) is 0 Å². The van der Waals surface area contributed by atoms with Crippen LogP contribution in [-0.4, -0.2) is 4.98 Å². The van der Waals surface area contributed by atoms with Crippen molar-refractivity contribution in [3.8, 4) is 0 Å². The SMILES string of the molecule is CCCCc1c(C)[nH]c2ccc(Cl)cc2c1=O. The van der Waals surface area contributed by atoms with Gasteiger partial charge in [-0.2, -0.15) is 0 Å². The lowest BCUT2D eigenvalue weighted by atomic mass is 10.0. The van der Waals surface area contributed by atoms with Crippen LogP contribution in [0.25, 0.3) is 10.9 Å². The summed E-state index contributed by atoms with van der Waals surface area (Å²) in [6.45, 7) is 4.09.